The van der Waals surface area contributed by atoms with Crippen molar-refractivity contribution in [2.45, 2.75) is 56.3 Å². The molecule has 0 aliphatic carbocycles. The van der Waals surface area contributed by atoms with Crippen molar-refractivity contribution in [3.8, 4) is 0 Å². The highest BCUT2D eigenvalue weighted by molar-refractivity contribution is 5.96. The third kappa shape index (κ3) is 11.6. The average Bonchev–Trinajstić information content (AvgIpc) is 2.80. The van der Waals surface area contributed by atoms with Crippen LogP contribution in [0.25, 0.3) is 0 Å². The normalized spacial score (nSPS) is 13.8. The lowest BCUT2D eigenvalue weighted by Crippen LogP contribution is -2.58. The van der Waals surface area contributed by atoms with Crippen molar-refractivity contribution in [3.05, 3.63) is 35.9 Å². The summed E-state index contributed by atoms with van der Waals surface area (Å²) in [5.74, 6) is -8.67. The van der Waals surface area contributed by atoms with Crippen LogP contribution in [0, 0.1) is 0 Å². The molecule has 4 unspecified atom stereocenters. The maximum atomic E-state index is 12.9. The van der Waals surface area contributed by atoms with Crippen molar-refractivity contribution in [1.29, 1.82) is 0 Å². The van der Waals surface area contributed by atoms with E-state index in [1.807, 2.05) is 5.32 Å². The average molecular weight is 523 g/mol. The Morgan fingerprint density at radius 2 is 1.27 bits per heavy atom. The summed E-state index contributed by atoms with van der Waals surface area (Å²) < 4.78 is 0. The first kappa shape index (κ1) is 30.5. The summed E-state index contributed by atoms with van der Waals surface area (Å²) in [4.78, 5) is 82.6. The molecule has 15 nitrogen and oxygen atoms in total. The molecule has 15 heteroatoms. The minimum atomic E-state index is -1.88. The summed E-state index contributed by atoms with van der Waals surface area (Å²) >= 11 is 0. The van der Waals surface area contributed by atoms with Crippen molar-refractivity contribution in [3.63, 3.8) is 0 Å². The fourth-order valence-electron chi connectivity index (χ4n) is 3.11. The second-order valence-corrected chi connectivity index (χ2v) is 8.02. The first-order valence-corrected chi connectivity index (χ1v) is 11.0. The number of carboxylic acids is 3. The Morgan fingerprint density at radius 3 is 1.78 bits per heavy atom. The largest absolute Gasteiger partial charge is 0.481 e. The topological polar surface area (TPSA) is 268 Å². The van der Waals surface area contributed by atoms with Gasteiger partial charge in [-0.1, -0.05) is 30.3 Å². The van der Waals surface area contributed by atoms with E-state index >= 15 is 0 Å². The Balaban J connectivity index is 3.01. The molecule has 4 atom stereocenters. The number of aliphatic carboxylic acids is 3. The molecule has 1 rings (SSSR count). The lowest BCUT2D eigenvalue weighted by molar-refractivity contribution is -0.147. The summed E-state index contributed by atoms with van der Waals surface area (Å²) in [5, 5.41) is 33.3. The minimum absolute atomic E-state index is 0.104. The van der Waals surface area contributed by atoms with E-state index in [1.54, 1.807) is 30.3 Å². The van der Waals surface area contributed by atoms with Gasteiger partial charge in [0.15, 0.2) is 0 Å². The Kier molecular flexibility index (Phi) is 12.2. The van der Waals surface area contributed by atoms with Crippen LogP contribution < -0.4 is 27.4 Å². The lowest BCUT2D eigenvalue weighted by Gasteiger charge is -2.24. The van der Waals surface area contributed by atoms with Crippen molar-refractivity contribution in [2.75, 3.05) is 0 Å². The Hall–Kier alpha value is -4.53. The van der Waals surface area contributed by atoms with Gasteiger partial charge in [0.1, 0.15) is 18.1 Å². The maximum absolute atomic E-state index is 12.9. The van der Waals surface area contributed by atoms with E-state index < -0.39 is 91.4 Å². The second kappa shape index (κ2) is 14.8. The molecule has 1 aromatic carbocycles. The molecule has 0 saturated carbocycles. The SMILES string of the molecule is NC(=O)CC(NC(=O)C(CCC(=O)O)NC(=O)C(N)Cc1ccccc1)C(=O)NC(CC(=O)O)C(=O)O. The van der Waals surface area contributed by atoms with Crippen LogP contribution in [0.1, 0.15) is 31.2 Å². The maximum Gasteiger partial charge on any atom is 0.326 e. The zero-order valence-electron chi connectivity index (χ0n) is 19.6. The van der Waals surface area contributed by atoms with Crippen molar-refractivity contribution >= 4 is 41.5 Å². The van der Waals surface area contributed by atoms with Gasteiger partial charge < -0.3 is 42.7 Å². The molecular weight excluding hydrogens is 494 g/mol. The molecule has 4 amide bonds. The molecular formula is C22H29N5O10. The van der Waals surface area contributed by atoms with E-state index in [2.05, 4.69) is 10.6 Å². The van der Waals surface area contributed by atoms with Gasteiger partial charge in [-0.15, -0.1) is 0 Å². The lowest BCUT2D eigenvalue weighted by atomic mass is 10.0. The third-order valence-electron chi connectivity index (χ3n) is 4.95. The molecule has 1 aromatic rings. The first-order chi connectivity index (χ1) is 17.3. The summed E-state index contributed by atoms with van der Waals surface area (Å²) in [6.07, 6.45) is -2.66. The highest BCUT2D eigenvalue weighted by atomic mass is 16.4. The molecule has 202 valence electrons. The molecule has 0 heterocycles. The smallest absolute Gasteiger partial charge is 0.326 e. The number of amides is 4. The van der Waals surface area contributed by atoms with Gasteiger partial charge in [0.05, 0.1) is 18.9 Å². The molecule has 0 radical (unpaired) electrons. The summed E-state index contributed by atoms with van der Waals surface area (Å²) in [6, 6.07) is 2.45. The quantitative estimate of drug-likeness (QED) is 0.110. The predicted octanol–water partition coefficient (Wildman–Crippen LogP) is -2.69. The second-order valence-electron chi connectivity index (χ2n) is 8.02. The Bertz CT molecular complexity index is 1020. The number of carbonyl (C=O) groups is 7. The number of primary amides is 1. The van der Waals surface area contributed by atoms with Crippen LogP contribution in [0.2, 0.25) is 0 Å². The highest BCUT2D eigenvalue weighted by Crippen LogP contribution is 2.05. The number of carbonyl (C=O) groups excluding carboxylic acids is 4. The number of hydrogen-bond donors (Lipinski definition) is 8. The molecule has 0 bridgehead atoms. The van der Waals surface area contributed by atoms with Gasteiger partial charge in [0.2, 0.25) is 23.6 Å². The van der Waals surface area contributed by atoms with Crippen molar-refractivity contribution in [2.24, 2.45) is 11.5 Å². The van der Waals surface area contributed by atoms with Crippen LogP contribution in [0.15, 0.2) is 30.3 Å². The summed E-state index contributed by atoms with van der Waals surface area (Å²) in [5.41, 5.74) is 11.7. The standard InChI is InChI=1S/C22H29N5O10/c23-12(8-11-4-2-1-3-5-11)19(33)25-13(6-7-17(29)30)20(34)26-14(9-16(24)28)21(35)27-15(22(36)37)10-18(31)32/h1-5,12-15H,6-10,23H2,(H2,24,28)(H,25,33)(H,26,34)(H,27,35)(H,29,30)(H,31,32)(H,36,37). The van der Waals surface area contributed by atoms with Crippen molar-refractivity contribution in [1.82, 2.24) is 16.0 Å². The molecule has 0 aromatic heterocycles. The monoisotopic (exact) mass is 523 g/mol. The van der Waals surface area contributed by atoms with E-state index in [0.29, 0.717) is 0 Å². The van der Waals surface area contributed by atoms with E-state index in [9.17, 15) is 33.6 Å². The number of rotatable bonds is 16. The number of benzene rings is 1. The Morgan fingerprint density at radius 1 is 0.730 bits per heavy atom. The van der Waals surface area contributed by atoms with Crippen LogP contribution in [0.5, 0.6) is 0 Å². The van der Waals surface area contributed by atoms with Gasteiger partial charge in [0, 0.05) is 6.42 Å². The van der Waals surface area contributed by atoms with E-state index in [4.69, 9.17) is 26.8 Å². The molecule has 37 heavy (non-hydrogen) atoms. The van der Waals surface area contributed by atoms with E-state index in [0.717, 1.165) is 5.56 Å². The fraction of sp³-hybridized carbons (Fsp3) is 0.409. The van der Waals surface area contributed by atoms with Gasteiger partial charge in [-0.3, -0.25) is 28.8 Å². The summed E-state index contributed by atoms with van der Waals surface area (Å²) in [6.45, 7) is 0. The molecule has 0 saturated heterocycles. The van der Waals surface area contributed by atoms with Crippen LogP contribution in [-0.4, -0.2) is 81.0 Å². The third-order valence-corrected chi connectivity index (χ3v) is 4.95. The summed E-state index contributed by atoms with van der Waals surface area (Å²) in [7, 11) is 0. The van der Waals surface area contributed by atoms with Crippen molar-refractivity contribution < 1.29 is 48.9 Å². The molecule has 0 aliphatic rings. The van der Waals surface area contributed by atoms with Crippen LogP contribution >= 0.6 is 0 Å². The highest BCUT2D eigenvalue weighted by Gasteiger charge is 2.32. The van der Waals surface area contributed by atoms with Gasteiger partial charge in [0.25, 0.3) is 0 Å². The van der Waals surface area contributed by atoms with Crippen LogP contribution in [0.3, 0.4) is 0 Å². The molecule has 10 N–H and O–H groups in total. The zero-order valence-corrected chi connectivity index (χ0v) is 19.6. The van der Waals surface area contributed by atoms with E-state index in [1.165, 1.54) is 0 Å². The number of hydrogen-bond acceptors (Lipinski definition) is 8. The van der Waals surface area contributed by atoms with Gasteiger partial charge in [-0.05, 0) is 18.4 Å². The van der Waals surface area contributed by atoms with Crippen LogP contribution in [0.4, 0.5) is 0 Å². The predicted molar refractivity (Wildman–Crippen MR) is 124 cm³/mol. The first-order valence-electron chi connectivity index (χ1n) is 11.0. The number of carboxylic acid groups (broad SMARTS) is 3. The van der Waals surface area contributed by atoms with Gasteiger partial charge in [-0.2, -0.15) is 0 Å². The number of nitrogens with one attached hydrogen (secondary N) is 3. The van der Waals surface area contributed by atoms with Gasteiger partial charge >= 0.3 is 17.9 Å². The van der Waals surface area contributed by atoms with E-state index in [-0.39, 0.29) is 6.42 Å². The fourth-order valence-corrected chi connectivity index (χ4v) is 3.11. The molecule has 0 aliphatic heterocycles. The zero-order chi connectivity index (χ0) is 28.1. The van der Waals surface area contributed by atoms with Gasteiger partial charge in [-0.25, -0.2) is 4.79 Å². The minimum Gasteiger partial charge on any atom is -0.481 e. The number of nitrogens with two attached hydrogens (primary N) is 2. The Labute approximate surface area is 210 Å². The molecule has 0 spiro atoms. The van der Waals surface area contributed by atoms with Crippen LogP contribution in [-0.2, 0) is 40.0 Å². The molecule has 0 fully saturated rings.